The zero-order valence-corrected chi connectivity index (χ0v) is 17.4. The third kappa shape index (κ3) is 3.78. The predicted molar refractivity (Wildman–Crippen MR) is 126 cm³/mol. The lowest BCUT2D eigenvalue weighted by Crippen LogP contribution is -2.35. The molecule has 0 fully saturated rings. The van der Waals surface area contributed by atoms with Crippen molar-refractivity contribution in [3.8, 4) is 5.75 Å². The molecule has 1 heterocycles. The van der Waals surface area contributed by atoms with Crippen molar-refractivity contribution in [2.24, 2.45) is 0 Å². The van der Waals surface area contributed by atoms with Gasteiger partial charge in [-0.05, 0) is 47.9 Å². The molecule has 0 radical (unpaired) electrons. The molecular formula is C26H20ClN3O. The van der Waals surface area contributed by atoms with Crippen LogP contribution in [0.2, 0.25) is 5.02 Å². The molecule has 5 heteroatoms. The maximum absolute atomic E-state index is 9.60. The summed E-state index contributed by atoms with van der Waals surface area (Å²) in [6.45, 7) is 0. The van der Waals surface area contributed by atoms with E-state index < -0.39 is 5.54 Å². The normalized spacial score (nSPS) is 18.0. The van der Waals surface area contributed by atoms with Gasteiger partial charge in [-0.1, -0.05) is 72.3 Å². The van der Waals surface area contributed by atoms with Gasteiger partial charge in [0.25, 0.3) is 0 Å². The summed E-state index contributed by atoms with van der Waals surface area (Å²) in [5, 5.41) is 24.9. The van der Waals surface area contributed by atoms with Gasteiger partial charge in [-0.25, -0.2) is 0 Å². The van der Waals surface area contributed by atoms with Gasteiger partial charge in [-0.2, -0.15) is 10.2 Å². The number of aromatic nitrogens is 2. The summed E-state index contributed by atoms with van der Waals surface area (Å²) < 4.78 is 0. The van der Waals surface area contributed by atoms with Gasteiger partial charge in [0.2, 0.25) is 0 Å². The second kappa shape index (κ2) is 7.89. The Labute approximate surface area is 185 Å². The van der Waals surface area contributed by atoms with E-state index in [1.54, 1.807) is 18.3 Å². The highest BCUT2D eigenvalue weighted by molar-refractivity contribution is 6.30. The Kier molecular flexibility index (Phi) is 4.92. The van der Waals surface area contributed by atoms with Crippen LogP contribution in [0.25, 0.3) is 16.3 Å². The maximum atomic E-state index is 9.60. The van der Waals surface area contributed by atoms with Crippen molar-refractivity contribution in [2.45, 2.75) is 12.0 Å². The average Bonchev–Trinajstić information content (AvgIpc) is 2.80. The van der Waals surface area contributed by atoms with E-state index in [9.17, 15) is 5.11 Å². The van der Waals surface area contributed by atoms with Gasteiger partial charge in [0.1, 0.15) is 17.0 Å². The number of benzene rings is 3. The van der Waals surface area contributed by atoms with Crippen molar-refractivity contribution >= 4 is 33.6 Å². The van der Waals surface area contributed by atoms with Crippen molar-refractivity contribution < 1.29 is 5.11 Å². The van der Waals surface area contributed by atoms with Crippen LogP contribution >= 0.6 is 11.6 Å². The Balaban J connectivity index is 1.61. The van der Waals surface area contributed by atoms with Crippen LogP contribution in [0.1, 0.15) is 17.7 Å². The zero-order chi connectivity index (χ0) is 21.3. The first-order valence-electron chi connectivity index (χ1n) is 10.1. The molecule has 0 bridgehead atoms. The first-order chi connectivity index (χ1) is 15.1. The lowest BCUT2D eigenvalue weighted by atomic mass is 9.82. The van der Waals surface area contributed by atoms with Gasteiger partial charge in [0, 0.05) is 21.5 Å². The quantitative estimate of drug-likeness (QED) is 0.400. The average molecular weight is 426 g/mol. The highest BCUT2D eigenvalue weighted by Gasteiger charge is 2.34. The standard InChI is InChI=1S/C26H20ClN3O/c27-21-5-3-6-22(16-21)29-26(25-24-7-2-1-4-20(24)17-28-30-25)14-12-19(13-15-26)18-8-10-23(31)11-9-18/h1-14,16-17,29,31H,15H2. The molecule has 1 aliphatic carbocycles. The first kappa shape index (κ1) is 19.3. The highest BCUT2D eigenvalue weighted by atomic mass is 35.5. The molecule has 0 spiro atoms. The molecule has 152 valence electrons. The van der Waals surface area contributed by atoms with E-state index in [1.165, 1.54) is 0 Å². The molecule has 1 unspecified atom stereocenters. The molecule has 2 N–H and O–H groups in total. The van der Waals surface area contributed by atoms with Crippen molar-refractivity contribution in [1.82, 2.24) is 10.2 Å². The zero-order valence-electron chi connectivity index (χ0n) is 16.7. The van der Waals surface area contributed by atoms with Crippen LogP contribution in [-0.4, -0.2) is 15.3 Å². The van der Waals surface area contributed by atoms with E-state index in [0.29, 0.717) is 11.4 Å². The van der Waals surface area contributed by atoms with Gasteiger partial charge in [0.05, 0.1) is 6.20 Å². The molecule has 1 aliphatic rings. The Morgan fingerprint density at radius 3 is 2.58 bits per heavy atom. The fourth-order valence-corrected chi connectivity index (χ4v) is 4.21. The molecule has 1 aromatic heterocycles. The topological polar surface area (TPSA) is 58.0 Å². The van der Waals surface area contributed by atoms with E-state index in [2.05, 4.69) is 39.8 Å². The summed E-state index contributed by atoms with van der Waals surface area (Å²) in [5.74, 6) is 0.257. The maximum Gasteiger partial charge on any atom is 0.115 e. The molecule has 0 saturated carbocycles. The molecule has 0 amide bonds. The number of anilines is 1. The van der Waals surface area contributed by atoms with Crippen LogP contribution in [0.4, 0.5) is 5.69 Å². The predicted octanol–water partition coefficient (Wildman–Crippen LogP) is 6.34. The smallest absolute Gasteiger partial charge is 0.115 e. The van der Waals surface area contributed by atoms with E-state index >= 15 is 0 Å². The Morgan fingerprint density at radius 2 is 1.81 bits per heavy atom. The largest absolute Gasteiger partial charge is 0.508 e. The van der Waals surface area contributed by atoms with Crippen molar-refractivity contribution in [3.63, 3.8) is 0 Å². The molecule has 1 atom stereocenters. The SMILES string of the molecule is Oc1ccc(C2=CCC(Nc3cccc(Cl)c3)(c3nncc4ccccc34)C=C2)cc1. The summed E-state index contributed by atoms with van der Waals surface area (Å²) in [7, 11) is 0. The Morgan fingerprint density at radius 1 is 0.968 bits per heavy atom. The summed E-state index contributed by atoms with van der Waals surface area (Å²) in [6, 6.07) is 23.1. The first-order valence-corrected chi connectivity index (χ1v) is 10.4. The molecular weight excluding hydrogens is 406 g/mol. The van der Waals surface area contributed by atoms with Gasteiger partial charge >= 0.3 is 0 Å². The van der Waals surface area contributed by atoms with Crippen LogP contribution in [0.15, 0.2) is 97.2 Å². The fraction of sp³-hybridized carbons (Fsp3) is 0.0769. The second-order valence-corrected chi connectivity index (χ2v) is 8.07. The number of rotatable bonds is 4. The monoisotopic (exact) mass is 425 g/mol. The minimum absolute atomic E-state index is 0.257. The minimum Gasteiger partial charge on any atom is -0.508 e. The summed E-state index contributed by atoms with van der Waals surface area (Å²) in [4.78, 5) is 0. The van der Waals surface area contributed by atoms with Gasteiger partial charge in [-0.3, -0.25) is 0 Å². The van der Waals surface area contributed by atoms with E-state index in [-0.39, 0.29) is 5.75 Å². The highest BCUT2D eigenvalue weighted by Crippen LogP contribution is 2.39. The van der Waals surface area contributed by atoms with Crippen LogP contribution in [0.3, 0.4) is 0 Å². The Hall–Kier alpha value is -3.63. The van der Waals surface area contributed by atoms with Gasteiger partial charge < -0.3 is 10.4 Å². The number of fused-ring (bicyclic) bond motifs is 1. The number of halogens is 1. The van der Waals surface area contributed by atoms with Crippen LogP contribution in [0.5, 0.6) is 5.75 Å². The number of nitrogens with zero attached hydrogens (tertiary/aromatic N) is 2. The molecule has 5 rings (SSSR count). The number of hydrogen-bond donors (Lipinski definition) is 2. The molecule has 0 saturated heterocycles. The van der Waals surface area contributed by atoms with Crippen molar-refractivity contribution in [2.75, 3.05) is 5.32 Å². The molecule has 0 aliphatic heterocycles. The third-order valence-corrected chi connectivity index (χ3v) is 5.81. The number of phenolic OH excluding ortho intramolecular Hbond substituents is 1. The number of allylic oxidation sites excluding steroid dienone is 2. The van der Waals surface area contributed by atoms with E-state index in [1.807, 2.05) is 54.6 Å². The Bertz CT molecular complexity index is 1310. The minimum atomic E-state index is -0.584. The molecule has 4 aromatic rings. The second-order valence-electron chi connectivity index (χ2n) is 7.63. The van der Waals surface area contributed by atoms with Crippen LogP contribution in [-0.2, 0) is 5.54 Å². The lowest BCUT2D eigenvalue weighted by Gasteiger charge is -2.34. The number of aromatic hydroxyl groups is 1. The number of hydrogen-bond acceptors (Lipinski definition) is 4. The summed E-state index contributed by atoms with van der Waals surface area (Å²) in [5.41, 5.74) is 3.33. The summed E-state index contributed by atoms with van der Waals surface area (Å²) >= 11 is 6.25. The molecule has 3 aromatic carbocycles. The van der Waals surface area contributed by atoms with Crippen molar-refractivity contribution in [1.29, 1.82) is 0 Å². The molecule has 31 heavy (non-hydrogen) atoms. The van der Waals surface area contributed by atoms with Gasteiger partial charge in [0.15, 0.2) is 0 Å². The lowest BCUT2D eigenvalue weighted by molar-refractivity contribution is 0.475. The third-order valence-electron chi connectivity index (χ3n) is 5.58. The van der Waals surface area contributed by atoms with Crippen molar-refractivity contribution in [3.05, 3.63) is 114 Å². The number of nitrogens with one attached hydrogen (secondary N) is 1. The summed E-state index contributed by atoms with van der Waals surface area (Å²) in [6.07, 6.45) is 8.89. The fourth-order valence-electron chi connectivity index (χ4n) is 4.02. The van der Waals surface area contributed by atoms with Crippen LogP contribution < -0.4 is 5.32 Å². The molecule has 4 nitrogen and oxygen atoms in total. The number of phenols is 1. The van der Waals surface area contributed by atoms with Crippen LogP contribution in [0, 0.1) is 0 Å². The van der Waals surface area contributed by atoms with E-state index in [0.717, 1.165) is 33.3 Å². The van der Waals surface area contributed by atoms with E-state index in [4.69, 9.17) is 11.6 Å². The van der Waals surface area contributed by atoms with Gasteiger partial charge in [-0.15, -0.1) is 0 Å².